The largest absolute Gasteiger partial charge is 0.307 e. The van der Waals surface area contributed by atoms with Gasteiger partial charge in [-0.3, -0.25) is 14.5 Å². The van der Waals surface area contributed by atoms with Gasteiger partial charge in [0, 0.05) is 29.5 Å². The smallest absolute Gasteiger partial charge is 0.233 e. The molecule has 0 bridgehead atoms. The zero-order chi connectivity index (χ0) is 15.1. The van der Waals surface area contributed by atoms with Crippen molar-refractivity contribution in [1.82, 2.24) is 10.2 Å². The van der Waals surface area contributed by atoms with Crippen molar-refractivity contribution in [1.29, 1.82) is 0 Å². The first-order chi connectivity index (χ1) is 9.15. The van der Waals surface area contributed by atoms with Crippen LogP contribution in [0.25, 0.3) is 0 Å². The van der Waals surface area contributed by atoms with E-state index in [2.05, 4.69) is 39.9 Å². The molecule has 1 atom stereocenters. The molecule has 2 fully saturated rings. The Morgan fingerprint density at radius 3 is 2.20 bits per heavy atom. The number of rotatable bonds is 3. The van der Waals surface area contributed by atoms with E-state index in [1.54, 1.807) is 4.90 Å². The lowest BCUT2D eigenvalue weighted by molar-refractivity contribution is -0.144. The normalized spacial score (nSPS) is 30.1. The molecule has 0 aliphatic carbocycles. The first-order valence-corrected chi connectivity index (χ1v) is 7.80. The Morgan fingerprint density at radius 2 is 1.70 bits per heavy atom. The third-order valence-electron chi connectivity index (χ3n) is 4.45. The first kappa shape index (κ1) is 15.5. The molecule has 4 nitrogen and oxygen atoms in total. The van der Waals surface area contributed by atoms with Crippen LogP contribution in [0.2, 0.25) is 0 Å². The Labute approximate surface area is 122 Å². The minimum Gasteiger partial charge on any atom is -0.307 e. The molecule has 0 spiro atoms. The van der Waals surface area contributed by atoms with Gasteiger partial charge >= 0.3 is 0 Å². The van der Waals surface area contributed by atoms with Gasteiger partial charge in [0.2, 0.25) is 11.8 Å². The van der Waals surface area contributed by atoms with Crippen LogP contribution in [0.3, 0.4) is 0 Å². The monoisotopic (exact) mass is 280 g/mol. The molecule has 1 unspecified atom stereocenters. The number of carbonyl (C=O) groups excluding carboxylic acids is 2. The summed E-state index contributed by atoms with van der Waals surface area (Å²) in [6, 6.07) is 0.0445. The molecule has 1 N–H and O–H groups in total. The Balaban J connectivity index is 2.18. The van der Waals surface area contributed by atoms with Crippen LogP contribution < -0.4 is 5.32 Å². The molecule has 2 aliphatic heterocycles. The molecular weight excluding hydrogens is 252 g/mol. The van der Waals surface area contributed by atoms with E-state index in [1.807, 2.05) is 0 Å². The summed E-state index contributed by atoms with van der Waals surface area (Å²) in [7, 11) is 0. The molecule has 2 aliphatic rings. The Bertz CT molecular complexity index is 399. The maximum absolute atomic E-state index is 12.5. The summed E-state index contributed by atoms with van der Waals surface area (Å²) >= 11 is 0. The summed E-state index contributed by atoms with van der Waals surface area (Å²) in [6.45, 7) is 10.7. The van der Waals surface area contributed by atoms with Crippen molar-refractivity contribution in [3.63, 3.8) is 0 Å². The molecule has 0 aromatic heterocycles. The summed E-state index contributed by atoms with van der Waals surface area (Å²) in [4.78, 5) is 26.4. The molecule has 2 amide bonds. The summed E-state index contributed by atoms with van der Waals surface area (Å²) in [6.07, 6.45) is 3.89. The Kier molecular flexibility index (Phi) is 3.98. The van der Waals surface area contributed by atoms with Crippen molar-refractivity contribution in [3.05, 3.63) is 0 Å². The highest BCUT2D eigenvalue weighted by molar-refractivity contribution is 6.03. The number of imide groups is 1. The molecular formula is C16H28N2O2. The predicted octanol–water partition coefficient (Wildman–Crippen LogP) is 2.47. The van der Waals surface area contributed by atoms with E-state index < -0.39 is 0 Å². The highest BCUT2D eigenvalue weighted by Gasteiger charge is 2.47. The quantitative estimate of drug-likeness (QED) is 0.808. The van der Waals surface area contributed by atoms with E-state index in [1.165, 1.54) is 0 Å². The SMILES string of the molecule is CCCC1CC(=O)N(C2CC(C)(C)NC(C)(C)C2)C1=O. The molecule has 0 saturated carbocycles. The lowest BCUT2D eigenvalue weighted by Gasteiger charge is -2.48. The molecule has 4 heteroatoms. The van der Waals surface area contributed by atoms with Crippen LogP contribution in [0.4, 0.5) is 0 Å². The van der Waals surface area contributed by atoms with Crippen molar-refractivity contribution in [2.24, 2.45) is 5.92 Å². The summed E-state index contributed by atoms with van der Waals surface area (Å²) < 4.78 is 0. The van der Waals surface area contributed by atoms with Crippen LogP contribution in [0.15, 0.2) is 0 Å². The lowest BCUT2D eigenvalue weighted by atomic mass is 9.79. The number of likely N-dealkylation sites (tertiary alicyclic amines) is 1. The average Bonchev–Trinajstić information content (AvgIpc) is 2.50. The van der Waals surface area contributed by atoms with Gasteiger partial charge in [-0.15, -0.1) is 0 Å². The molecule has 2 saturated heterocycles. The van der Waals surface area contributed by atoms with Crippen LogP contribution in [-0.4, -0.2) is 33.8 Å². The number of amides is 2. The molecule has 114 valence electrons. The van der Waals surface area contributed by atoms with Crippen molar-refractivity contribution in [2.75, 3.05) is 0 Å². The lowest BCUT2D eigenvalue weighted by Crippen LogP contribution is -2.62. The number of hydrogen-bond acceptors (Lipinski definition) is 3. The second kappa shape index (κ2) is 5.14. The summed E-state index contributed by atoms with van der Waals surface area (Å²) in [5.41, 5.74) is -0.0916. The van der Waals surface area contributed by atoms with E-state index in [4.69, 9.17) is 0 Å². The van der Waals surface area contributed by atoms with Crippen molar-refractivity contribution in [3.8, 4) is 0 Å². The van der Waals surface area contributed by atoms with E-state index in [0.717, 1.165) is 25.7 Å². The van der Waals surface area contributed by atoms with Crippen molar-refractivity contribution in [2.45, 2.75) is 83.8 Å². The van der Waals surface area contributed by atoms with Crippen LogP contribution in [0.1, 0.15) is 66.7 Å². The van der Waals surface area contributed by atoms with Gasteiger partial charge in [0.15, 0.2) is 0 Å². The number of nitrogens with zero attached hydrogens (tertiary/aromatic N) is 1. The molecule has 0 aromatic rings. The Morgan fingerprint density at radius 1 is 1.15 bits per heavy atom. The molecule has 2 heterocycles. The minimum atomic E-state index is -0.0754. The van der Waals surface area contributed by atoms with Gasteiger partial charge in [0.25, 0.3) is 0 Å². The number of piperidine rings is 1. The third-order valence-corrected chi connectivity index (χ3v) is 4.45. The van der Waals surface area contributed by atoms with E-state index in [-0.39, 0.29) is 34.9 Å². The molecule has 2 rings (SSSR count). The highest BCUT2D eigenvalue weighted by atomic mass is 16.2. The number of hydrogen-bond donors (Lipinski definition) is 1. The third kappa shape index (κ3) is 3.05. The fraction of sp³-hybridized carbons (Fsp3) is 0.875. The van der Waals surface area contributed by atoms with Crippen LogP contribution in [0, 0.1) is 5.92 Å². The topological polar surface area (TPSA) is 49.4 Å². The minimum absolute atomic E-state index is 0.0342. The van der Waals surface area contributed by atoms with Crippen LogP contribution >= 0.6 is 0 Å². The van der Waals surface area contributed by atoms with Gasteiger partial charge in [-0.1, -0.05) is 13.3 Å². The van der Waals surface area contributed by atoms with Gasteiger partial charge < -0.3 is 5.32 Å². The maximum Gasteiger partial charge on any atom is 0.233 e. The second-order valence-corrected chi connectivity index (χ2v) is 7.75. The van der Waals surface area contributed by atoms with Crippen LogP contribution in [-0.2, 0) is 9.59 Å². The van der Waals surface area contributed by atoms with Gasteiger partial charge in [-0.05, 0) is 47.0 Å². The molecule has 0 radical (unpaired) electrons. The molecule has 20 heavy (non-hydrogen) atoms. The highest BCUT2D eigenvalue weighted by Crippen LogP contribution is 2.35. The number of nitrogens with one attached hydrogen (secondary N) is 1. The first-order valence-electron chi connectivity index (χ1n) is 7.80. The number of carbonyl (C=O) groups is 2. The maximum atomic E-state index is 12.5. The van der Waals surface area contributed by atoms with Crippen LogP contribution in [0.5, 0.6) is 0 Å². The zero-order valence-corrected chi connectivity index (χ0v) is 13.5. The predicted molar refractivity (Wildman–Crippen MR) is 79.2 cm³/mol. The van der Waals surface area contributed by atoms with E-state index >= 15 is 0 Å². The fourth-order valence-electron chi connectivity index (χ4n) is 4.12. The van der Waals surface area contributed by atoms with Gasteiger partial charge in [-0.2, -0.15) is 0 Å². The average molecular weight is 280 g/mol. The van der Waals surface area contributed by atoms with Crippen molar-refractivity contribution >= 4 is 11.8 Å². The molecule has 0 aromatic carbocycles. The van der Waals surface area contributed by atoms with Gasteiger partial charge in [-0.25, -0.2) is 0 Å². The fourth-order valence-corrected chi connectivity index (χ4v) is 4.12. The standard InChI is InChI=1S/C16H28N2O2/c1-6-7-11-8-13(19)18(14(11)20)12-9-15(2,3)17-16(4,5)10-12/h11-12,17H,6-10H2,1-5H3. The van der Waals surface area contributed by atoms with Gasteiger partial charge in [0.05, 0.1) is 0 Å². The van der Waals surface area contributed by atoms with E-state index in [0.29, 0.717) is 6.42 Å². The van der Waals surface area contributed by atoms with Crippen molar-refractivity contribution < 1.29 is 9.59 Å². The summed E-state index contributed by atoms with van der Waals surface area (Å²) in [5.74, 6) is 0.0240. The van der Waals surface area contributed by atoms with E-state index in [9.17, 15) is 9.59 Å². The Hall–Kier alpha value is -0.900. The van der Waals surface area contributed by atoms with Gasteiger partial charge in [0.1, 0.15) is 0 Å². The second-order valence-electron chi connectivity index (χ2n) is 7.75. The summed E-state index contributed by atoms with van der Waals surface area (Å²) in [5, 5.41) is 3.60. The zero-order valence-electron chi connectivity index (χ0n) is 13.5.